The van der Waals surface area contributed by atoms with Gasteiger partial charge in [-0.05, 0) is 273 Å². The van der Waals surface area contributed by atoms with Crippen LogP contribution in [-0.2, 0) is 0 Å². The summed E-state index contributed by atoms with van der Waals surface area (Å²) in [6.07, 6.45) is 14.6. The minimum absolute atomic E-state index is 0.654. The summed E-state index contributed by atoms with van der Waals surface area (Å²) in [5.41, 5.74) is 31.4. The van der Waals surface area contributed by atoms with Crippen LogP contribution in [0.5, 0.6) is 0 Å². The molecule has 0 saturated carbocycles. The van der Waals surface area contributed by atoms with E-state index in [4.69, 9.17) is 9.97 Å². The molecule has 3 aliphatic heterocycles. The maximum absolute atomic E-state index is 5.82. The van der Waals surface area contributed by atoms with Gasteiger partial charge in [0, 0.05) is 95.3 Å². The van der Waals surface area contributed by atoms with Crippen molar-refractivity contribution < 1.29 is 0 Å². The molecule has 4 aromatic heterocycles. The second kappa shape index (κ2) is 24.2. The number of aromatic nitrogens is 5. The monoisotopic (exact) mass is 1490 g/mol. The molecular formula is C104H75N5S3. The Balaban J connectivity index is 0.656. The molecule has 0 aliphatic carbocycles. The Labute approximate surface area is 655 Å². The second-order valence-corrected chi connectivity index (χ2v) is 42.2. The van der Waals surface area contributed by atoms with Crippen LogP contribution in [0.25, 0.3) is 194 Å². The molecule has 0 unspecified atom stereocenters. The molecule has 0 saturated heterocycles. The first-order valence-electron chi connectivity index (χ1n) is 38.4. The molecule has 0 radical (unpaired) electrons. The van der Waals surface area contributed by atoms with Crippen molar-refractivity contribution in [1.29, 1.82) is 0 Å². The zero-order chi connectivity index (χ0) is 74.6. The van der Waals surface area contributed by atoms with Crippen molar-refractivity contribution in [2.24, 2.45) is 0 Å². The minimum atomic E-state index is -1.11. The van der Waals surface area contributed by atoms with Gasteiger partial charge >= 0.3 is 0 Å². The van der Waals surface area contributed by atoms with Gasteiger partial charge in [-0.1, -0.05) is 188 Å². The Morgan fingerprint density at radius 1 is 0.196 bits per heavy atom. The number of hydrogen-bond acceptors (Lipinski definition) is 2. The van der Waals surface area contributed by atoms with Gasteiger partial charge < -0.3 is 13.7 Å². The largest absolute Gasteiger partial charge is 0.309 e. The Kier molecular flexibility index (Phi) is 14.1. The summed E-state index contributed by atoms with van der Waals surface area (Å²) in [6.45, 7) is 0. The highest BCUT2D eigenvalue weighted by Crippen LogP contribution is 2.70. The van der Waals surface area contributed by atoms with E-state index in [0.29, 0.717) is 5.82 Å². The molecule has 16 aromatic carbocycles. The van der Waals surface area contributed by atoms with Crippen molar-refractivity contribution in [3.05, 3.63) is 346 Å². The topological polar surface area (TPSA) is 40.6 Å². The van der Waals surface area contributed by atoms with E-state index in [2.05, 4.69) is 397 Å². The molecule has 0 N–H and O–H groups in total. The van der Waals surface area contributed by atoms with Crippen molar-refractivity contribution in [2.75, 3.05) is 37.5 Å². The first-order valence-corrected chi connectivity index (χ1v) is 45.8. The van der Waals surface area contributed by atoms with Gasteiger partial charge in [0.25, 0.3) is 0 Å². The van der Waals surface area contributed by atoms with Crippen molar-refractivity contribution in [1.82, 2.24) is 23.7 Å². The second-order valence-electron chi connectivity index (χ2n) is 31.6. The van der Waals surface area contributed by atoms with E-state index in [-0.39, 0.29) is 0 Å². The summed E-state index contributed by atoms with van der Waals surface area (Å²) >= 11 is 0. The number of nitrogens with zero attached hydrogens (tertiary/aromatic N) is 5. The van der Waals surface area contributed by atoms with E-state index in [1.54, 1.807) is 0 Å². The summed E-state index contributed by atoms with van der Waals surface area (Å²) in [6, 6.07) is 130. The molecule has 0 spiro atoms. The zero-order valence-corrected chi connectivity index (χ0v) is 65.3. The fourth-order valence-corrected chi connectivity index (χ4v) is 26.7. The van der Waals surface area contributed by atoms with E-state index in [1.165, 1.54) is 139 Å². The Morgan fingerprint density at radius 3 is 0.911 bits per heavy atom. The van der Waals surface area contributed by atoms with E-state index in [1.807, 2.05) is 0 Å². The first-order chi connectivity index (χ1) is 54.8. The van der Waals surface area contributed by atoms with E-state index < -0.39 is 30.1 Å². The lowest BCUT2D eigenvalue weighted by molar-refractivity contribution is 1.17. The molecule has 8 heteroatoms. The Morgan fingerprint density at radius 2 is 0.491 bits per heavy atom. The summed E-state index contributed by atoms with van der Waals surface area (Å²) in [5, 5.41) is 8.25. The van der Waals surface area contributed by atoms with Crippen LogP contribution >= 0.6 is 30.1 Å². The lowest BCUT2D eigenvalue weighted by Gasteiger charge is -2.28. The fourth-order valence-electron chi connectivity index (χ4n) is 19.2. The van der Waals surface area contributed by atoms with Crippen molar-refractivity contribution in [3.63, 3.8) is 0 Å². The van der Waals surface area contributed by atoms with Gasteiger partial charge in [-0.15, -0.1) is 0 Å². The maximum atomic E-state index is 5.82. The third-order valence-corrected chi connectivity index (χ3v) is 33.4. The standard InChI is InChI=1S/C104H75N5S3/c1-110(2)97-37-16-10-31-80(97)86-60-69(44-51-100(86)110)66-41-48-94-83(57-66)77-28-7-13-34-91(77)107(94)74-25-19-22-64(54-74)65-40-47-90-89(63-65)103(72-23-20-26-75(55-72)108-92-35-14-8-29-78(92)84-58-67(42-49-95(84)108)70-45-52-101-87(61-70)81-32-11-17-38-98(81)111(101,3)4)106-104(105-90)73-24-21-27-76(56-73)109-93-36-15-9-30-79(93)85-59-68(43-50-96(85)109)71-46-53-102-88(62-71)82-33-12-18-39-99(82)112(102,5)6/h7-63H,1-6H3. The van der Waals surface area contributed by atoms with Crippen molar-refractivity contribution in [3.8, 4) is 118 Å². The molecule has 0 amide bonds. The van der Waals surface area contributed by atoms with Crippen LogP contribution in [0, 0.1) is 0 Å². The van der Waals surface area contributed by atoms with Gasteiger partial charge in [0.2, 0.25) is 0 Å². The SMILES string of the molecule is CS1(C)c2ccccc2-c2cc(-c3ccc4c(c3)c3ccccc3n4-c3cccc(-c4ccc5nc(-c6cccc(-n7c8ccccc8c8cc(-c9ccc%10c(c9)-c9ccccc9S%10(C)C)ccc87)c6)nc(-c6cccc(-n7c8ccccc8c8cc(-c9ccc%10c(c9)-c9ccccc9S%10(C)C)ccc87)c6)c5c4)c3)ccc21. The summed E-state index contributed by atoms with van der Waals surface area (Å²) in [4.78, 5) is 20.2. The number of fused-ring (bicyclic) bond motifs is 19. The van der Waals surface area contributed by atoms with Gasteiger partial charge in [0.1, 0.15) is 0 Å². The number of benzene rings is 16. The predicted octanol–water partition coefficient (Wildman–Crippen LogP) is 28.3. The third kappa shape index (κ3) is 9.62. The summed E-state index contributed by atoms with van der Waals surface area (Å²) < 4.78 is 7.30. The number of para-hydroxylation sites is 3. The zero-order valence-electron chi connectivity index (χ0n) is 62.9. The lowest BCUT2D eigenvalue weighted by atomic mass is 9.98. The van der Waals surface area contributed by atoms with Crippen LogP contribution in [-0.4, -0.2) is 61.2 Å². The van der Waals surface area contributed by atoms with E-state index in [0.717, 1.165) is 78.0 Å². The van der Waals surface area contributed by atoms with Gasteiger partial charge in [-0.2, -0.15) is 30.1 Å². The highest BCUT2D eigenvalue weighted by atomic mass is 32.3. The first kappa shape index (κ1) is 65.2. The minimum Gasteiger partial charge on any atom is -0.309 e. The maximum Gasteiger partial charge on any atom is 0.160 e. The van der Waals surface area contributed by atoms with Crippen LogP contribution < -0.4 is 0 Å². The van der Waals surface area contributed by atoms with Crippen molar-refractivity contribution in [2.45, 2.75) is 29.4 Å². The molecule has 112 heavy (non-hydrogen) atoms. The van der Waals surface area contributed by atoms with Crippen LogP contribution in [0.1, 0.15) is 0 Å². The molecule has 20 aromatic rings. The quantitative estimate of drug-likeness (QED) is 0.144. The molecule has 0 fully saturated rings. The average molecular weight is 1490 g/mol. The van der Waals surface area contributed by atoms with Gasteiger partial charge in [0.15, 0.2) is 5.82 Å². The highest BCUT2D eigenvalue weighted by molar-refractivity contribution is 8.33. The predicted molar refractivity (Wildman–Crippen MR) is 479 cm³/mol. The average Bonchev–Trinajstić information content (AvgIpc) is 1.61. The van der Waals surface area contributed by atoms with Gasteiger partial charge in [-0.3, -0.25) is 0 Å². The van der Waals surface area contributed by atoms with E-state index >= 15 is 0 Å². The molecule has 3 aliphatic rings. The van der Waals surface area contributed by atoms with Crippen LogP contribution in [0.3, 0.4) is 0 Å². The Hall–Kier alpha value is -12.7. The molecule has 23 rings (SSSR count). The summed E-state index contributed by atoms with van der Waals surface area (Å²) in [5.74, 6) is 0.654. The molecular weight excluding hydrogens is 1420 g/mol. The molecule has 0 bridgehead atoms. The number of rotatable bonds is 9. The van der Waals surface area contributed by atoms with Gasteiger partial charge in [0.05, 0.1) is 44.3 Å². The normalized spacial score (nSPS) is 14.9. The Bertz CT molecular complexity index is 7510. The number of hydrogen-bond donors (Lipinski definition) is 0. The van der Waals surface area contributed by atoms with Crippen LogP contribution in [0.15, 0.2) is 375 Å². The smallest absolute Gasteiger partial charge is 0.160 e. The van der Waals surface area contributed by atoms with Crippen LogP contribution in [0.2, 0.25) is 0 Å². The van der Waals surface area contributed by atoms with E-state index in [9.17, 15) is 0 Å². The molecule has 5 nitrogen and oxygen atoms in total. The molecule has 534 valence electrons. The van der Waals surface area contributed by atoms with Gasteiger partial charge in [-0.25, -0.2) is 9.97 Å². The molecule has 0 atom stereocenters. The third-order valence-electron chi connectivity index (χ3n) is 24.7. The fraction of sp³-hybridized carbons (Fsp3) is 0.0577. The summed E-state index contributed by atoms with van der Waals surface area (Å²) in [7, 11) is -3.31. The van der Waals surface area contributed by atoms with Crippen molar-refractivity contribution >= 4 is 106 Å². The highest BCUT2D eigenvalue weighted by Gasteiger charge is 2.35. The molecule has 7 heterocycles. The van der Waals surface area contributed by atoms with Crippen LogP contribution in [0.4, 0.5) is 0 Å². The lowest BCUT2D eigenvalue weighted by Crippen LogP contribution is -1.99.